The number of benzene rings is 1. The lowest BCUT2D eigenvalue weighted by molar-refractivity contribution is -0.0497. The molecule has 5 nitrogen and oxygen atoms in total. The van der Waals surface area contributed by atoms with Crippen molar-refractivity contribution in [3.63, 3.8) is 0 Å². The second kappa shape index (κ2) is 7.65. The van der Waals surface area contributed by atoms with Gasteiger partial charge in [0.25, 0.3) is 0 Å². The van der Waals surface area contributed by atoms with Crippen molar-refractivity contribution in [3.05, 3.63) is 53.6 Å². The van der Waals surface area contributed by atoms with Gasteiger partial charge < -0.3 is 4.74 Å². The first-order chi connectivity index (χ1) is 12.0. The van der Waals surface area contributed by atoms with Crippen LogP contribution in [0, 0.1) is 0 Å². The zero-order valence-corrected chi connectivity index (χ0v) is 14.3. The Balaban J connectivity index is 1.70. The van der Waals surface area contributed by atoms with Gasteiger partial charge in [0.15, 0.2) is 0 Å². The molecule has 2 heterocycles. The average Bonchev–Trinajstić information content (AvgIpc) is 3.23. The van der Waals surface area contributed by atoms with Gasteiger partial charge in [-0.3, -0.25) is 9.36 Å². The van der Waals surface area contributed by atoms with E-state index < -0.39 is 6.61 Å². The third-order valence-corrected chi connectivity index (χ3v) is 4.07. The fourth-order valence-corrected chi connectivity index (χ4v) is 2.62. The maximum atomic E-state index is 12.4. The topological polar surface area (TPSA) is 44.9 Å². The molecule has 0 bridgehead atoms. The summed E-state index contributed by atoms with van der Waals surface area (Å²) in [6.45, 7) is 0.656. The van der Waals surface area contributed by atoms with Crippen molar-refractivity contribution in [3.8, 4) is 16.9 Å². The van der Waals surface area contributed by atoms with Crippen LogP contribution in [-0.2, 0) is 19.5 Å². The number of rotatable bonds is 7. The molecule has 3 aromatic rings. The smallest absolute Gasteiger partial charge is 0.387 e. The van der Waals surface area contributed by atoms with Crippen molar-refractivity contribution in [1.82, 2.24) is 19.6 Å². The SMILES string of the molecule is CCn1cc(CCn2cc(-c3ccc(Cl)c(OC(F)F)c3)cn2)cn1. The molecule has 3 rings (SSSR count). The van der Waals surface area contributed by atoms with Gasteiger partial charge in [0, 0.05) is 31.0 Å². The second-order valence-electron chi connectivity index (χ2n) is 5.47. The lowest BCUT2D eigenvalue weighted by atomic mass is 10.1. The van der Waals surface area contributed by atoms with E-state index in [9.17, 15) is 8.78 Å². The van der Waals surface area contributed by atoms with Crippen LogP contribution in [0.2, 0.25) is 5.02 Å². The van der Waals surface area contributed by atoms with Gasteiger partial charge in [0.1, 0.15) is 5.75 Å². The fourth-order valence-electron chi connectivity index (χ4n) is 2.46. The van der Waals surface area contributed by atoms with Gasteiger partial charge in [0.05, 0.1) is 17.4 Å². The zero-order valence-electron chi connectivity index (χ0n) is 13.6. The molecule has 0 unspecified atom stereocenters. The molecular formula is C17H17ClF2N4O. The number of alkyl halides is 2. The van der Waals surface area contributed by atoms with E-state index in [1.54, 1.807) is 16.9 Å². The lowest BCUT2D eigenvalue weighted by Gasteiger charge is -2.08. The Labute approximate surface area is 148 Å². The van der Waals surface area contributed by atoms with E-state index >= 15 is 0 Å². The molecule has 1 aromatic carbocycles. The quantitative estimate of drug-likeness (QED) is 0.627. The normalized spacial score (nSPS) is 11.2. The number of ether oxygens (including phenoxy) is 1. The van der Waals surface area contributed by atoms with Crippen LogP contribution in [0.25, 0.3) is 11.1 Å². The van der Waals surface area contributed by atoms with Crippen LogP contribution in [0.1, 0.15) is 12.5 Å². The second-order valence-corrected chi connectivity index (χ2v) is 5.88. The van der Waals surface area contributed by atoms with Gasteiger partial charge in [-0.15, -0.1) is 0 Å². The molecule has 0 radical (unpaired) electrons. The van der Waals surface area contributed by atoms with Crippen LogP contribution in [0.15, 0.2) is 43.0 Å². The summed E-state index contributed by atoms with van der Waals surface area (Å²) in [5.74, 6) is -0.0473. The lowest BCUT2D eigenvalue weighted by Crippen LogP contribution is -2.02. The van der Waals surface area contributed by atoms with Gasteiger partial charge in [-0.25, -0.2) is 0 Å². The van der Waals surface area contributed by atoms with Gasteiger partial charge in [-0.1, -0.05) is 17.7 Å². The minimum atomic E-state index is -2.92. The molecule has 0 saturated carbocycles. The van der Waals surface area contributed by atoms with Crippen LogP contribution in [0.5, 0.6) is 5.75 Å². The van der Waals surface area contributed by atoms with Gasteiger partial charge in [-0.05, 0) is 36.6 Å². The molecule has 132 valence electrons. The molecule has 0 aliphatic heterocycles. The van der Waals surface area contributed by atoms with Crippen molar-refractivity contribution in [2.75, 3.05) is 0 Å². The van der Waals surface area contributed by atoms with E-state index in [1.807, 2.05) is 30.2 Å². The zero-order chi connectivity index (χ0) is 17.8. The van der Waals surface area contributed by atoms with E-state index in [0.29, 0.717) is 12.1 Å². The molecule has 0 spiro atoms. The Hall–Kier alpha value is -2.41. The average molecular weight is 367 g/mol. The molecular weight excluding hydrogens is 350 g/mol. The first-order valence-electron chi connectivity index (χ1n) is 7.83. The van der Waals surface area contributed by atoms with Crippen molar-refractivity contribution in [2.45, 2.75) is 33.0 Å². The molecule has 0 aliphatic carbocycles. The summed E-state index contributed by atoms with van der Waals surface area (Å²) in [6.07, 6.45) is 8.21. The molecule has 0 amide bonds. The largest absolute Gasteiger partial charge is 0.433 e. The van der Waals surface area contributed by atoms with E-state index in [-0.39, 0.29) is 10.8 Å². The van der Waals surface area contributed by atoms with Crippen LogP contribution in [0.4, 0.5) is 8.78 Å². The number of hydrogen-bond donors (Lipinski definition) is 0. The summed E-state index contributed by atoms with van der Waals surface area (Å²) in [6, 6.07) is 4.76. The highest BCUT2D eigenvalue weighted by atomic mass is 35.5. The molecule has 0 fully saturated rings. The van der Waals surface area contributed by atoms with Crippen LogP contribution in [0.3, 0.4) is 0 Å². The molecule has 8 heteroatoms. The van der Waals surface area contributed by atoms with Crippen molar-refractivity contribution < 1.29 is 13.5 Å². The molecule has 2 aromatic heterocycles. The van der Waals surface area contributed by atoms with E-state index in [0.717, 1.165) is 24.1 Å². The number of halogens is 3. The Morgan fingerprint density at radius 1 is 1.12 bits per heavy atom. The number of nitrogens with zero attached hydrogens (tertiary/aromatic N) is 4. The summed E-state index contributed by atoms with van der Waals surface area (Å²) in [5, 5.41) is 8.70. The van der Waals surface area contributed by atoms with Crippen molar-refractivity contribution in [2.24, 2.45) is 0 Å². The number of aromatic nitrogens is 4. The molecule has 0 aliphatic rings. The minimum absolute atomic E-state index is 0.0473. The summed E-state index contributed by atoms with van der Waals surface area (Å²) in [4.78, 5) is 0. The first-order valence-corrected chi connectivity index (χ1v) is 8.21. The maximum absolute atomic E-state index is 12.4. The number of hydrogen-bond acceptors (Lipinski definition) is 3. The Morgan fingerprint density at radius 3 is 2.64 bits per heavy atom. The first kappa shape index (κ1) is 17.4. The van der Waals surface area contributed by atoms with E-state index in [4.69, 9.17) is 11.6 Å². The minimum Gasteiger partial charge on any atom is -0.433 e. The summed E-state index contributed by atoms with van der Waals surface area (Å²) >= 11 is 5.88. The Bertz CT molecular complexity index is 847. The maximum Gasteiger partial charge on any atom is 0.387 e. The monoisotopic (exact) mass is 366 g/mol. The van der Waals surface area contributed by atoms with Crippen molar-refractivity contribution in [1.29, 1.82) is 0 Å². The summed E-state index contributed by atoms with van der Waals surface area (Å²) in [5.41, 5.74) is 2.66. The van der Waals surface area contributed by atoms with Gasteiger partial charge in [0.2, 0.25) is 0 Å². The van der Waals surface area contributed by atoms with E-state index in [2.05, 4.69) is 14.9 Å². The Morgan fingerprint density at radius 2 is 1.92 bits per heavy atom. The van der Waals surface area contributed by atoms with E-state index in [1.165, 1.54) is 12.1 Å². The third-order valence-electron chi connectivity index (χ3n) is 3.75. The highest BCUT2D eigenvalue weighted by molar-refractivity contribution is 6.32. The fraction of sp³-hybridized carbons (Fsp3) is 0.294. The van der Waals surface area contributed by atoms with Crippen LogP contribution in [-0.4, -0.2) is 26.2 Å². The highest BCUT2D eigenvalue weighted by Gasteiger charge is 2.11. The standard InChI is InChI=1S/C17H17ClF2N4O/c1-2-23-10-12(8-21-23)5-6-24-11-14(9-22-24)13-3-4-15(18)16(7-13)25-17(19)20/h3-4,7-11,17H,2,5-6H2,1H3. The third kappa shape index (κ3) is 4.36. The highest BCUT2D eigenvalue weighted by Crippen LogP contribution is 2.31. The summed E-state index contributed by atoms with van der Waals surface area (Å²) in [7, 11) is 0. The van der Waals surface area contributed by atoms with Crippen LogP contribution < -0.4 is 4.74 Å². The van der Waals surface area contributed by atoms with Gasteiger partial charge in [-0.2, -0.15) is 19.0 Å². The predicted octanol–water partition coefficient (Wildman–Crippen LogP) is 4.26. The Kier molecular flexibility index (Phi) is 5.33. The molecule has 0 saturated heterocycles. The molecule has 25 heavy (non-hydrogen) atoms. The molecule has 0 N–H and O–H groups in total. The van der Waals surface area contributed by atoms with Crippen molar-refractivity contribution >= 4 is 11.6 Å². The predicted molar refractivity (Wildman–Crippen MR) is 90.9 cm³/mol. The van der Waals surface area contributed by atoms with Crippen LogP contribution >= 0.6 is 11.6 Å². The number of aryl methyl sites for hydroxylation is 3. The molecule has 0 atom stereocenters. The summed E-state index contributed by atoms with van der Waals surface area (Å²) < 4.78 is 33.0. The van der Waals surface area contributed by atoms with Gasteiger partial charge >= 0.3 is 6.61 Å².